The third kappa shape index (κ3) is 5.70. The van der Waals surface area contributed by atoms with E-state index >= 15 is 0 Å². The van der Waals surface area contributed by atoms with Crippen molar-refractivity contribution in [3.63, 3.8) is 0 Å². The highest BCUT2D eigenvalue weighted by Gasteiger charge is 2.32. The van der Waals surface area contributed by atoms with E-state index in [1.807, 2.05) is 32.9 Å². The molecule has 0 spiro atoms. The number of carbonyl (C=O) groups is 2. The molecule has 2 amide bonds. The summed E-state index contributed by atoms with van der Waals surface area (Å²) >= 11 is 0. The summed E-state index contributed by atoms with van der Waals surface area (Å²) in [6, 6.07) is 8.00. The summed E-state index contributed by atoms with van der Waals surface area (Å²) in [5.41, 5.74) is 1.61. The van der Waals surface area contributed by atoms with Gasteiger partial charge in [-0.1, -0.05) is 18.6 Å². The molecule has 0 saturated carbocycles. The lowest BCUT2D eigenvalue weighted by molar-refractivity contribution is -0.117. The number of alkyl carbamates (subject to hydrolysis) is 1. The molecule has 6 nitrogen and oxygen atoms in total. The number of anilines is 1. The monoisotopic (exact) mass is 373 g/mol. The Kier molecular flexibility index (Phi) is 6.05. The maximum absolute atomic E-state index is 12.4. The average Bonchev–Trinajstić information content (AvgIpc) is 2.95. The van der Waals surface area contributed by atoms with Gasteiger partial charge >= 0.3 is 6.09 Å². The Morgan fingerprint density at radius 3 is 2.44 bits per heavy atom. The first kappa shape index (κ1) is 19.7. The van der Waals surface area contributed by atoms with Gasteiger partial charge in [0.1, 0.15) is 5.60 Å². The van der Waals surface area contributed by atoms with Crippen LogP contribution in [0.5, 0.6) is 0 Å². The van der Waals surface area contributed by atoms with Crippen molar-refractivity contribution < 1.29 is 14.3 Å². The van der Waals surface area contributed by atoms with Crippen LogP contribution in [-0.4, -0.2) is 48.2 Å². The molecular weight excluding hydrogens is 342 g/mol. The number of rotatable bonds is 4. The molecule has 0 aliphatic carbocycles. The molecule has 2 aliphatic rings. The zero-order chi connectivity index (χ0) is 19.4. The number of hydrogen-bond donors (Lipinski definition) is 1. The molecule has 2 saturated heterocycles. The van der Waals surface area contributed by atoms with Gasteiger partial charge in [0.2, 0.25) is 5.91 Å². The summed E-state index contributed by atoms with van der Waals surface area (Å²) in [6.45, 7) is 9.26. The largest absolute Gasteiger partial charge is 0.444 e. The Bertz CT molecular complexity index is 660. The Morgan fingerprint density at radius 1 is 1.15 bits per heavy atom. The smallest absolute Gasteiger partial charge is 0.407 e. The van der Waals surface area contributed by atoms with Gasteiger partial charge < -0.3 is 15.0 Å². The van der Waals surface area contributed by atoms with Crippen molar-refractivity contribution in [3.05, 3.63) is 29.8 Å². The molecule has 148 valence electrons. The van der Waals surface area contributed by atoms with Crippen LogP contribution < -0.4 is 10.2 Å². The fourth-order valence-corrected chi connectivity index (χ4v) is 3.69. The molecular formula is C21H31N3O3. The van der Waals surface area contributed by atoms with E-state index in [2.05, 4.69) is 22.3 Å². The SMILES string of the molecule is CC(C)(C)OC(=O)N[C@@H]1CC(=O)N(c2ccc(CN3CCCCC3)cc2)C1. The molecule has 1 aromatic rings. The molecule has 0 aromatic heterocycles. The zero-order valence-corrected chi connectivity index (χ0v) is 16.7. The van der Waals surface area contributed by atoms with Crippen LogP contribution >= 0.6 is 0 Å². The minimum absolute atomic E-state index is 0.0276. The number of carbonyl (C=O) groups excluding carboxylic acids is 2. The molecule has 0 radical (unpaired) electrons. The van der Waals surface area contributed by atoms with E-state index in [0.717, 1.165) is 12.2 Å². The molecule has 2 fully saturated rings. The normalized spacial score (nSPS) is 21.4. The van der Waals surface area contributed by atoms with Crippen molar-refractivity contribution in [2.45, 2.75) is 64.6 Å². The predicted octanol–water partition coefficient (Wildman–Crippen LogP) is 3.30. The first-order chi connectivity index (χ1) is 12.8. The van der Waals surface area contributed by atoms with E-state index < -0.39 is 11.7 Å². The Balaban J connectivity index is 1.54. The third-order valence-electron chi connectivity index (χ3n) is 4.95. The number of likely N-dealkylation sites (tertiary alicyclic amines) is 1. The van der Waals surface area contributed by atoms with Crippen molar-refractivity contribution in [1.82, 2.24) is 10.2 Å². The maximum atomic E-state index is 12.4. The van der Waals surface area contributed by atoms with Gasteiger partial charge in [0.25, 0.3) is 0 Å². The van der Waals surface area contributed by atoms with Gasteiger partial charge in [0.05, 0.1) is 6.04 Å². The Morgan fingerprint density at radius 2 is 1.81 bits per heavy atom. The average molecular weight is 373 g/mol. The highest BCUT2D eigenvalue weighted by Crippen LogP contribution is 2.23. The van der Waals surface area contributed by atoms with Crippen molar-refractivity contribution >= 4 is 17.7 Å². The molecule has 0 unspecified atom stereocenters. The van der Waals surface area contributed by atoms with Crippen LogP contribution in [0, 0.1) is 0 Å². The first-order valence-corrected chi connectivity index (χ1v) is 9.91. The third-order valence-corrected chi connectivity index (χ3v) is 4.95. The summed E-state index contributed by atoms with van der Waals surface area (Å²) in [7, 11) is 0. The number of amides is 2. The van der Waals surface area contributed by atoms with E-state index in [1.54, 1.807) is 4.90 Å². The van der Waals surface area contributed by atoms with Gasteiger partial charge in [-0.05, 0) is 64.4 Å². The predicted molar refractivity (Wildman–Crippen MR) is 106 cm³/mol. The van der Waals surface area contributed by atoms with Crippen molar-refractivity contribution in [2.24, 2.45) is 0 Å². The van der Waals surface area contributed by atoms with Gasteiger partial charge in [-0.15, -0.1) is 0 Å². The number of ether oxygens (including phenoxy) is 1. The molecule has 2 heterocycles. The van der Waals surface area contributed by atoms with Crippen LogP contribution in [0.2, 0.25) is 0 Å². The van der Waals surface area contributed by atoms with Crippen molar-refractivity contribution in [3.8, 4) is 0 Å². The molecule has 2 aliphatic heterocycles. The lowest BCUT2D eigenvalue weighted by Crippen LogP contribution is -2.40. The van der Waals surface area contributed by atoms with Crippen LogP contribution in [0.3, 0.4) is 0 Å². The van der Waals surface area contributed by atoms with Gasteiger partial charge in [-0.3, -0.25) is 9.69 Å². The number of benzene rings is 1. The van der Waals surface area contributed by atoms with Crippen LogP contribution in [0.1, 0.15) is 52.0 Å². The van der Waals surface area contributed by atoms with Crippen LogP contribution in [0.25, 0.3) is 0 Å². The second-order valence-corrected chi connectivity index (χ2v) is 8.55. The lowest BCUT2D eigenvalue weighted by Gasteiger charge is -2.26. The van der Waals surface area contributed by atoms with Crippen molar-refractivity contribution in [1.29, 1.82) is 0 Å². The molecule has 1 atom stereocenters. The number of piperidine rings is 1. The minimum Gasteiger partial charge on any atom is -0.444 e. The molecule has 6 heteroatoms. The minimum atomic E-state index is -0.545. The number of nitrogens with zero attached hydrogens (tertiary/aromatic N) is 2. The zero-order valence-electron chi connectivity index (χ0n) is 16.7. The van der Waals surface area contributed by atoms with E-state index in [4.69, 9.17) is 4.74 Å². The second kappa shape index (κ2) is 8.30. The summed E-state index contributed by atoms with van der Waals surface area (Å²) in [4.78, 5) is 28.5. The van der Waals surface area contributed by atoms with E-state index in [-0.39, 0.29) is 11.9 Å². The summed E-state index contributed by atoms with van der Waals surface area (Å²) in [5, 5.41) is 2.80. The van der Waals surface area contributed by atoms with Crippen LogP contribution in [-0.2, 0) is 16.1 Å². The fourth-order valence-electron chi connectivity index (χ4n) is 3.69. The van der Waals surface area contributed by atoms with Gasteiger partial charge in [0, 0.05) is 25.2 Å². The van der Waals surface area contributed by atoms with Gasteiger partial charge in [0.15, 0.2) is 0 Å². The van der Waals surface area contributed by atoms with Crippen LogP contribution in [0.15, 0.2) is 24.3 Å². The van der Waals surface area contributed by atoms with Crippen LogP contribution in [0.4, 0.5) is 10.5 Å². The second-order valence-electron chi connectivity index (χ2n) is 8.55. The summed E-state index contributed by atoms with van der Waals surface area (Å²) in [5.74, 6) is 0.0276. The maximum Gasteiger partial charge on any atom is 0.407 e. The topological polar surface area (TPSA) is 61.9 Å². The van der Waals surface area contributed by atoms with E-state index in [1.165, 1.54) is 37.9 Å². The highest BCUT2D eigenvalue weighted by molar-refractivity contribution is 5.96. The molecule has 0 bridgehead atoms. The highest BCUT2D eigenvalue weighted by atomic mass is 16.6. The Hall–Kier alpha value is -2.08. The van der Waals surface area contributed by atoms with Gasteiger partial charge in [-0.2, -0.15) is 0 Å². The van der Waals surface area contributed by atoms with Gasteiger partial charge in [-0.25, -0.2) is 4.79 Å². The van der Waals surface area contributed by atoms with Crippen molar-refractivity contribution in [2.75, 3.05) is 24.5 Å². The standard InChI is InChI=1S/C21H31N3O3/c1-21(2,3)27-20(26)22-17-13-19(25)24(15-17)18-9-7-16(8-10-18)14-23-11-5-4-6-12-23/h7-10,17H,4-6,11-15H2,1-3H3,(H,22,26)/t17-/m1/s1. The molecule has 27 heavy (non-hydrogen) atoms. The Labute approximate surface area is 161 Å². The van der Waals surface area contributed by atoms with E-state index in [0.29, 0.717) is 13.0 Å². The number of hydrogen-bond acceptors (Lipinski definition) is 4. The molecule has 3 rings (SSSR count). The molecule has 1 aromatic carbocycles. The molecule has 1 N–H and O–H groups in total. The summed E-state index contributed by atoms with van der Waals surface area (Å²) in [6.07, 6.45) is 3.73. The van der Waals surface area contributed by atoms with E-state index in [9.17, 15) is 9.59 Å². The quantitative estimate of drug-likeness (QED) is 0.880. The fraction of sp³-hybridized carbons (Fsp3) is 0.619. The first-order valence-electron chi connectivity index (χ1n) is 9.91. The lowest BCUT2D eigenvalue weighted by atomic mass is 10.1. The summed E-state index contributed by atoms with van der Waals surface area (Å²) < 4.78 is 5.28. The number of nitrogens with one attached hydrogen (secondary N) is 1.